The third-order valence-electron chi connectivity index (χ3n) is 3.62. The summed E-state index contributed by atoms with van der Waals surface area (Å²) in [6, 6.07) is 12.0. The monoisotopic (exact) mass is 341 g/mol. The lowest BCUT2D eigenvalue weighted by Gasteiger charge is -2.11. The highest BCUT2D eigenvalue weighted by molar-refractivity contribution is 5.92. The van der Waals surface area contributed by atoms with Gasteiger partial charge < -0.3 is 20.5 Å². The number of nitrogens with zero attached hydrogens (tertiary/aromatic N) is 1. The van der Waals surface area contributed by atoms with Gasteiger partial charge in [-0.1, -0.05) is 19.1 Å². The van der Waals surface area contributed by atoms with Gasteiger partial charge in [-0.3, -0.25) is 0 Å². The van der Waals surface area contributed by atoms with Crippen LogP contribution in [0, 0.1) is 13.8 Å². The Morgan fingerprint density at radius 1 is 1.08 bits per heavy atom. The highest BCUT2D eigenvalue weighted by atomic mass is 16.5. The van der Waals surface area contributed by atoms with Crippen LogP contribution in [0.5, 0.6) is 11.5 Å². The molecule has 0 aromatic heterocycles. The summed E-state index contributed by atoms with van der Waals surface area (Å²) in [5, 5.41) is 3.13. The number of rotatable bonds is 7. The van der Waals surface area contributed by atoms with E-state index in [1.807, 2.05) is 30.3 Å². The van der Waals surface area contributed by atoms with Crippen molar-refractivity contribution in [1.82, 2.24) is 0 Å². The highest BCUT2D eigenvalue weighted by Crippen LogP contribution is 2.28. The Bertz CT molecular complexity index is 721. The molecule has 0 aliphatic carbocycles. The molecule has 25 heavy (non-hydrogen) atoms. The van der Waals surface area contributed by atoms with Crippen LogP contribution in [-0.4, -0.2) is 19.7 Å². The number of hydrogen-bond acceptors (Lipinski definition) is 3. The Morgan fingerprint density at radius 3 is 2.44 bits per heavy atom. The molecule has 0 saturated carbocycles. The van der Waals surface area contributed by atoms with E-state index in [-0.39, 0.29) is 0 Å². The summed E-state index contributed by atoms with van der Waals surface area (Å²) in [5.41, 5.74) is 10.3. The van der Waals surface area contributed by atoms with Crippen molar-refractivity contribution in [2.75, 3.05) is 19.0 Å². The first-order valence-corrected chi connectivity index (χ1v) is 8.46. The minimum atomic E-state index is 0.385. The van der Waals surface area contributed by atoms with Gasteiger partial charge in [0.25, 0.3) is 0 Å². The molecular formula is C20H27N3O2. The van der Waals surface area contributed by atoms with Crippen molar-refractivity contribution in [2.24, 2.45) is 10.7 Å². The highest BCUT2D eigenvalue weighted by Gasteiger charge is 2.05. The number of aliphatic imine (C=N–C) groups is 1. The zero-order chi connectivity index (χ0) is 18.2. The van der Waals surface area contributed by atoms with Crippen LogP contribution in [0.3, 0.4) is 0 Å². The smallest absolute Gasteiger partial charge is 0.193 e. The Labute approximate surface area is 149 Å². The molecule has 0 bridgehead atoms. The van der Waals surface area contributed by atoms with Gasteiger partial charge in [0.1, 0.15) is 0 Å². The van der Waals surface area contributed by atoms with Crippen LogP contribution in [0.2, 0.25) is 0 Å². The van der Waals surface area contributed by atoms with Crippen molar-refractivity contribution in [3.63, 3.8) is 0 Å². The fraction of sp³-hybridized carbons (Fsp3) is 0.350. The van der Waals surface area contributed by atoms with Crippen molar-refractivity contribution in [3.8, 4) is 11.5 Å². The van der Waals surface area contributed by atoms with E-state index >= 15 is 0 Å². The number of nitrogens with two attached hydrogens (primary N) is 1. The molecule has 0 amide bonds. The maximum Gasteiger partial charge on any atom is 0.193 e. The molecule has 0 unspecified atom stereocenters. The van der Waals surface area contributed by atoms with Gasteiger partial charge >= 0.3 is 0 Å². The predicted octanol–water partition coefficient (Wildman–Crippen LogP) is 4.03. The summed E-state index contributed by atoms with van der Waals surface area (Å²) in [6.07, 6.45) is 0.954. The fourth-order valence-corrected chi connectivity index (χ4v) is 2.55. The zero-order valence-electron chi connectivity index (χ0n) is 15.4. The number of guanidine groups is 1. The zero-order valence-corrected chi connectivity index (χ0v) is 15.4. The number of ether oxygens (including phenoxy) is 2. The van der Waals surface area contributed by atoms with Crippen LogP contribution in [0.4, 0.5) is 5.69 Å². The van der Waals surface area contributed by atoms with E-state index in [4.69, 9.17) is 15.2 Å². The van der Waals surface area contributed by atoms with Gasteiger partial charge in [0, 0.05) is 5.69 Å². The Kier molecular flexibility index (Phi) is 6.69. The molecule has 0 aliphatic rings. The Balaban J connectivity index is 2.04. The first-order valence-electron chi connectivity index (χ1n) is 8.46. The topological polar surface area (TPSA) is 68.9 Å². The number of anilines is 1. The molecule has 134 valence electrons. The van der Waals surface area contributed by atoms with Gasteiger partial charge in [-0.25, -0.2) is 4.99 Å². The minimum absolute atomic E-state index is 0.385. The Hall–Kier alpha value is -2.69. The molecule has 3 N–H and O–H groups in total. The number of methoxy groups -OCH3 is 1. The van der Waals surface area contributed by atoms with Crippen LogP contribution in [-0.2, 0) is 6.54 Å². The number of hydrogen-bond donors (Lipinski definition) is 2. The van der Waals surface area contributed by atoms with Crippen LogP contribution in [0.1, 0.15) is 30.0 Å². The summed E-state index contributed by atoms with van der Waals surface area (Å²) < 4.78 is 11.1. The normalized spacial score (nSPS) is 11.3. The first kappa shape index (κ1) is 18.6. The lowest BCUT2D eigenvalue weighted by atomic mass is 10.1. The second-order valence-corrected chi connectivity index (χ2v) is 6.04. The first-order chi connectivity index (χ1) is 12.0. The summed E-state index contributed by atoms with van der Waals surface area (Å²) in [5.74, 6) is 1.84. The molecule has 2 aromatic rings. The molecule has 0 fully saturated rings. The second-order valence-electron chi connectivity index (χ2n) is 6.04. The molecular weight excluding hydrogens is 314 g/mol. The van der Waals surface area contributed by atoms with E-state index in [0.29, 0.717) is 24.9 Å². The van der Waals surface area contributed by atoms with Gasteiger partial charge in [-0.15, -0.1) is 0 Å². The summed E-state index contributed by atoms with van der Waals surface area (Å²) in [6.45, 7) is 7.32. The van der Waals surface area contributed by atoms with Crippen LogP contribution in [0.25, 0.3) is 0 Å². The van der Waals surface area contributed by atoms with E-state index < -0.39 is 0 Å². The van der Waals surface area contributed by atoms with Crippen molar-refractivity contribution in [3.05, 3.63) is 53.1 Å². The molecule has 5 heteroatoms. The van der Waals surface area contributed by atoms with E-state index in [1.165, 1.54) is 11.1 Å². The van der Waals surface area contributed by atoms with E-state index in [0.717, 1.165) is 23.4 Å². The van der Waals surface area contributed by atoms with Crippen LogP contribution in [0.15, 0.2) is 41.4 Å². The molecule has 2 aromatic carbocycles. The van der Waals surface area contributed by atoms with Crippen LogP contribution >= 0.6 is 0 Å². The van der Waals surface area contributed by atoms with Gasteiger partial charge in [0.05, 0.1) is 20.3 Å². The van der Waals surface area contributed by atoms with Crippen molar-refractivity contribution < 1.29 is 9.47 Å². The maximum absolute atomic E-state index is 6.00. The van der Waals surface area contributed by atoms with E-state index in [9.17, 15) is 0 Å². The molecule has 0 atom stereocenters. The fourth-order valence-electron chi connectivity index (χ4n) is 2.55. The minimum Gasteiger partial charge on any atom is -0.493 e. The third kappa shape index (κ3) is 5.71. The quantitative estimate of drug-likeness (QED) is 0.589. The standard InChI is InChI=1S/C20H27N3O2/c1-5-8-25-18-7-6-16(12-19(18)24-4)13-22-20(21)23-17-10-14(2)9-15(3)11-17/h6-7,9-12H,5,8,13H2,1-4H3,(H3,21,22,23). The van der Waals surface area contributed by atoms with E-state index in [1.54, 1.807) is 7.11 Å². The Morgan fingerprint density at radius 2 is 1.80 bits per heavy atom. The number of nitrogens with one attached hydrogen (secondary N) is 1. The van der Waals surface area contributed by atoms with Crippen molar-refractivity contribution in [2.45, 2.75) is 33.7 Å². The summed E-state index contributed by atoms with van der Waals surface area (Å²) in [7, 11) is 1.64. The largest absolute Gasteiger partial charge is 0.493 e. The van der Waals surface area contributed by atoms with E-state index in [2.05, 4.69) is 37.1 Å². The molecule has 0 aliphatic heterocycles. The lowest BCUT2D eigenvalue weighted by Crippen LogP contribution is -2.22. The summed E-state index contributed by atoms with van der Waals surface area (Å²) in [4.78, 5) is 4.40. The van der Waals surface area contributed by atoms with Gasteiger partial charge in [0.2, 0.25) is 0 Å². The molecule has 0 heterocycles. The second kappa shape index (κ2) is 8.97. The summed E-state index contributed by atoms with van der Waals surface area (Å²) >= 11 is 0. The van der Waals surface area contributed by atoms with Crippen molar-refractivity contribution in [1.29, 1.82) is 0 Å². The molecule has 0 radical (unpaired) electrons. The molecule has 0 spiro atoms. The molecule has 2 rings (SSSR count). The average molecular weight is 341 g/mol. The SMILES string of the molecule is CCCOc1ccc(CN=C(N)Nc2cc(C)cc(C)c2)cc1OC. The number of benzene rings is 2. The van der Waals surface area contributed by atoms with Gasteiger partial charge in [-0.2, -0.15) is 0 Å². The van der Waals surface area contributed by atoms with Gasteiger partial charge in [-0.05, 0) is 61.2 Å². The predicted molar refractivity (Wildman–Crippen MR) is 104 cm³/mol. The maximum atomic E-state index is 6.00. The molecule has 5 nitrogen and oxygen atoms in total. The van der Waals surface area contributed by atoms with Crippen LogP contribution < -0.4 is 20.5 Å². The van der Waals surface area contributed by atoms with Gasteiger partial charge in [0.15, 0.2) is 17.5 Å². The lowest BCUT2D eigenvalue weighted by molar-refractivity contribution is 0.294. The number of aryl methyl sites for hydroxylation is 2. The average Bonchev–Trinajstić information content (AvgIpc) is 2.57. The molecule has 0 saturated heterocycles. The third-order valence-corrected chi connectivity index (χ3v) is 3.62. The van der Waals surface area contributed by atoms with Crippen molar-refractivity contribution >= 4 is 11.6 Å².